The van der Waals surface area contributed by atoms with Crippen LogP contribution in [0.15, 0.2) is 24.5 Å². The Labute approximate surface area is 98.2 Å². The van der Waals surface area contributed by atoms with E-state index in [9.17, 15) is 4.79 Å². The molecule has 0 spiro atoms. The van der Waals surface area contributed by atoms with E-state index >= 15 is 0 Å². The Bertz CT molecular complexity index is 558. The van der Waals surface area contributed by atoms with Crippen LogP contribution in [0.4, 0.5) is 5.82 Å². The lowest BCUT2D eigenvalue weighted by molar-refractivity contribution is -0.119. The summed E-state index contributed by atoms with van der Waals surface area (Å²) < 4.78 is 1.81. The fourth-order valence-corrected chi connectivity index (χ4v) is 2.11. The minimum atomic E-state index is 0.0219. The van der Waals surface area contributed by atoms with Gasteiger partial charge in [-0.2, -0.15) is 9.61 Å². The average Bonchev–Trinajstić information content (AvgIpc) is 2.70. The highest BCUT2D eigenvalue weighted by atomic mass is 16.1. The molecule has 1 N–H and O–H groups in total. The first-order valence-corrected chi connectivity index (χ1v) is 5.55. The normalized spacial score (nSPS) is 15.9. The topological polar surface area (TPSA) is 62.5 Å². The summed E-state index contributed by atoms with van der Waals surface area (Å²) in [5.74, 6) is 1.04. The molecule has 0 bridgehead atoms. The predicted molar refractivity (Wildman–Crippen MR) is 62.8 cm³/mol. The molecule has 1 aliphatic rings. The number of amides is 1. The number of carbonyl (C=O) groups is 1. The molecule has 0 radical (unpaired) electrons. The van der Waals surface area contributed by atoms with Gasteiger partial charge in [-0.1, -0.05) is 0 Å². The lowest BCUT2D eigenvalue weighted by Crippen LogP contribution is -2.59. The average molecular weight is 231 g/mol. The minimum absolute atomic E-state index is 0.0219. The highest BCUT2D eigenvalue weighted by molar-refractivity contribution is 5.73. The fourth-order valence-electron chi connectivity index (χ4n) is 2.11. The van der Waals surface area contributed by atoms with Crippen LogP contribution in [0.5, 0.6) is 0 Å². The van der Waals surface area contributed by atoms with Crippen molar-refractivity contribution in [2.24, 2.45) is 0 Å². The second-order valence-corrected chi connectivity index (χ2v) is 4.21. The molecule has 0 saturated carbocycles. The molecule has 1 aliphatic heterocycles. The number of aromatic nitrogens is 3. The third-order valence-electron chi connectivity index (χ3n) is 2.88. The van der Waals surface area contributed by atoms with Gasteiger partial charge in [0.2, 0.25) is 5.91 Å². The molecule has 1 saturated heterocycles. The zero-order valence-electron chi connectivity index (χ0n) is 9.50. The Morgan fingerprint density at radius 3 is 3.00 bits per heavy atom. The van der Waals surface area contributed by atoms with Gasteiger partial charge in [0.05, 0.1) is 12.2 Å². The number of hydrogen-bond donors (Lipinski definition) is 1. The maximum absolute atomic E-state index is 10.9. The first-order valence-electron chi connectivity index (χ1n) is 5.55. The van der Waals surface area contributed by atoms with Crippen molar-refractivity contribution in [3.05, 3.63) is 24.5 Å². The number of anilines is 1. The first kappa shape index (κ1) is 10.1. The summed E-state index contributed by atoms with van der Waals surface area (Å²) in [4.78, 5) is 17.3. The van der Waals surface area contributed by atoms with Crippen LogP contribution in [0.1, 0.15) is 6.92 Å². The van der Waals surface area contributed by atoms with Crippen molar-refractivity contribution in [1.29, 1.82) is 0 Å². The molecule has 17 heavy (non-hydrogen) atoms. The second kappa shape index (κ2) is 3.73. The fraction of sp³-hybridized carbons (Fsp3) is 0.364. The molecular formula is C11H13N5O. The van der Waals surface area contributed by atoms with Crippen molar-refractivity contribution in [1.82, 2.24) is 19.9 Å². The van der Waals surface area contributed by atoms with E-state index in [4.69, 9.17) is 0 Å². The second-order valence-electron chi connectivity index (χ2n) is 4.21. The van der Waals surface area contributed by atoms with E-state index in [2.05, 4.69) is 20.3 Å². The molecule has 2 aromatic heterocycles. The molecule has 6 nitrogen and oxygen atoms in total. The van der Waals surface area contributed by atoms with Crippen LogP contribution in [0, 0.1) is 0 Å². The quantitative estimate of drug-likeness (QED) is 0.793. The van der Waals surface area contributed by atoms with Crippen molar-refractivity contribution in [3.63, 3.8) is 0 Å². The number of carbonyl (C=O) groups excluding carboxylic acids is 1. The van der Waals surface area contributed by atoms with Crippen LogP contribution >= 0.6 is 0 Å². The van der Waals surface area contributed by atoms with Gasteiger partial charge >= 0.3 is 0 Å². The lowest BCUT2D eigenvalue weighted by Gasteiger charge is -2.40. The summed E-state index contributed by atoms with van der Waals surface area (Å²) in [5, 5.41) is 7.13. The lowest BCUT2D eigenvalue weighted by atomic mass is 10.1. The minimum Gasteiger partial charge on any atom is -0.352 e. The molecule has 0 aliphatic carbocycles. The van der Waals surface area contributed by atoms with Crippen molar-refractivity contribution in [3.8, 4) is 0 Å². The maximum atomic E-state index is 10.9. The number of hydrogen-bond acceptors (Lipinski definition) is 4. The zero-order chi connectivity index (χ0) is 11.8. The van der Waals surface area contributed by atoms with Gasteiger partial charge in [0.15, 0.2) is 5.65 Å². The summed E-state index contributed by atoms with van der Waals surface area (Å²) in [5.41, 5.74) is 0.838. The highest BCUT2D eigenvalue weighted by Gasteiger charge is 2.28. The standard InChI is InChI=1S/C11H13N5O/c1-8(17)14-9-6-15(7-9)11-3-4-12-10-2-5-13-16(10)11/h2-5,9H,6-7H2,1H3,(H,14,17). The first-order chi connectivity index (χ1) is 8.24. The van der Waals surface area contributed by atoms with Crippen LogP contribution in [-0.4, -0.2) is 39.6 Å². The molecule has 0 atom stereocenters. The third kappa shape index (κ3) is 1.71. The van der Waals surface area contributed by atoms with Gasteiger partial charge in [-0.15, -0.1) is 0 Å². The molecule has 1 amide bonds. The van der Waals surface area contributed by atoms with Gasteiger partial charge in [0, 0.05) is 32.3 Å². The summed E-state index contributed by atoms with van der Waals surface area (Å²) in [6.45, 7) is 3.18. The molecule has 0 unspecified atom stereocenters. The Kier molecular flexibility index (Phi) is 2.21. The number of nitrogens with zero attached hydrogens (tertiary/aromatic N) is 4. The Balaban J connectivity index is 1.78. The van der Waals surface area contributed by atoms with Crippen LogP contribution in [0.25, 0.3) is 5.65 Å². The number of nitrogens with one attached hydrogen (secondary N) is 1. The number of rotatable bonds is 2. The molecule has 88 valence electrons. The summed E-state index contributed by atoms with van der Waals surface area (Å²) in [6.07, 6.45) is 3.51. The van der Waals surface area contributed by atoms with E-state index in [0.29, 0.717) is 0 Å². The molecule has 3 heterocycles. The van der Waals surface area contributed by atoms with E-state index in [-0.39, 0.29) is 11.9 Å². The molecule has 6 heteroatoms. The molecule has 0 aromatic carbocycles. The predicted octanol–water partition coefficient (Wildman–Crippen LogP) is 0.0540. The zero-order valence-corrected chi connectivity index (χ0v) is 9.50. The van der Waals surface area contributed by atoms with Gasteiger partial charge in [0.25, 0.3) is 0 Å². The monoisotopic (exact) mass is 231 g/mol. The Hall–Kier alpha value is -2.11. The van der Waals surface area contributed by atoms with Crippen LogP contribution in [0.2, 0.25) is 0 Å². The van der Waals surface area contributed by atoms with Crippen molar-refractivity contribution < 1.29 is 4.79 Å². The van der Waals surface area contributed by atoms with Gasteiger partial charge in [0.1, 0.15) is 5.82 Å². The number of fused-ring (bicyclic) bond motifs is 1. The largest absolute Gasteiger partial charge is 0.352 e. The van der Waals surface area contributed by atoms with Crippen LogP contribution in [0.3, 0.4) is 0 Å². The van der Waals surface area contributed by atoms with Crippen molar-refractivity contribution in [2.75, 3.05) is 18.0 Å². The van der Waals surface area contributed by atoms with E-state index in [1.807, 2.05) is 16.6 Å². The van der Waals surface area contributed by atoms with E-state index in [1.54, 1.807) is 19.3 Å². The SMILES string of the molecule is CC(=O)NC1CN(c2ccnc3ccnn23)C1. The van der Waals surface area contributed by atoms with Gasteiger partial charge in [-0.25, -0.2) is 4.98 Å². The van der Waals surface area contributed by atoms with Gasteiger partial charge in [-0.3, -0.25) is 4.79 Å². The maximum Gasteiger partial charge on any atom is 0.217 e. The molecular weight excluding hydrogens is 218 g/mol. The van der Waals surface area contributed by atoms with Crippen LogP contribution in [-0.2, 0) is 4.79 Å². The van der Waals surface area contributed by atoms with E-state index in [0.717, 1.165) is 24.6 Å². The summed E-state index contributed by atoms with van der Waals surface area (Å²) in [6, 6.07) is 4.05. The molecule has 2 aromatic rings. The smallest absolute Gasteiger partial charge is 0.217 e. The summed E-state index contributed by atoms with van der Waals surface area (Å²) in [7, 11) is 0. The Morgan fingerprint density at radius 1 is 1.41 bits per heavy atom. The van der Waals surface area contributed by atoms with Crippen molar-refractivity contribution in [2.45, 2.75) is 13.0 Å². The van der Waals surface area contributed by atoms with E-state index in [1.165, 1.54) is 0 Å². The Morgan fingerprint density at radius 2 is 2.24 bits per heavy atom. The molecule has 3 rings (SSSR count). The van der Waals surface area contributed by atoms with Crippen LogP contribution < -0.4 is 10.2 Å². The van der Waals surface area contributed by atoms with E-state index < -0.39 is 0 Å². The summed E-state index contributed by atoms with van der Waals surface area (Å²) >= 11 is 0. The van der Waals surface area contributed by atoms with Gasteiger partial charge in [-0.05, 0) is 6.07 Å². The van der Waals surface area contributed by atoms with Crippen molar-refractivity contribution >= 4 is 17.4 Å². The third-order valence-corrected chi connectivity index (χ3v) is 2.88. The highest BCUT2D eigenvalue weighted by Crippen LogP contribution is 2.20. The molecule has 1 fully saturated rings. The van der Waals surface area contributed by atoms with Gasteiger partial charge < -0.3 is 10.2 Å².